The lowest BCUT2D eigenvalue weighted by Gasteiger charge is -2.39. The summed E-state index contributed by atoms with van der Waals surface area (Å²) in [5, 5.41) is 5.80. The van der Waals surface area contributed by atoms with Crippen molar-refractivity contribution < 1.29 is 14.4 Å². The molecule has 0 saturated carbocycles. The quantitative estimate of drug-likeness (QED) is 0.656. The summed E-state index contributed by atoms with van der Waals surface area (Å²) < 4.78 is 0. The molecule has 7 nitrogen and oxygen atoms in total. The van der Waals surface area contributed by atoms with E-state index in [1.54, 1.807) is 18.9 Å². The highest BCUT2D eigenvalue weighted by atomic mass is 16.2. The van der Waals surface area contributed by atoms with Crippen LogP contribution in [0.5, 0.6) is 0 Å². The number of hydrogen-bond acceptors (Lipinski definition) is 4. The third-order valence-corrected chi connectivity index (χ3v) is 6.71. The molecule has 2 aliphatic rings. The molecule has 0 aromatic heterocycles. The van der Waals surface area contributed by atoms with E-state index in [1.165, 1.54) is 5.56 Å². The molecule has 1 aromatic rings. The molecule has 0 bridgehead atoms. The highest BCUT2D eigenvalue weighted by molar-refractivity contribution is 5.94. The number of amides is 3. The van der Waals surface area contributed by atoms with Crippen molar-refractivity contribution in [2.45, 2.75) is 58.2 Å². The number of rotatable bonds is 8. The Balaban J connectivity index is 1.69. The molecule has 0 spiro atoms. The Kier molecular flexibility index (Phi) is 7.70. The lowest BCUT2D eigenvalue weighted by atomic mass is 9.90. The highest BCUT2D eigenvalue weighted by Crippen LogP contribution is 2.33. The Morgan fingerprint density at radius 3 is 2.42 bits per heavy atom. The maximum atomic E-state index is 13.4. The zero-order valence-corrected chi connectivity index (χ0v) is 19.1. The fourth-order valence-electron chi connectivity index (χ4n) is 4.59. The molecule has 1 aromatic carbocycles. The Labute approximate surface area is 185 Å². The molecule has 0 radical (unpaired) electrons. The van der Waals surface area contributed by atoms with E-state index >= 15 is 0 Å². The summed E-state index contributed by atoms with van der Waals surface area (Å²) in [4.78, 5) is 42.8. The van der Waals surface area contributed by atoms with Gasteiger partial charge in [-0.2, -0.15) is 0 Å². The monoisotopic (exact) mass is 428 g/mol. The number of nitrogens with one attached hydrogen (secondary N) is 2. The van der Waals surface area contributed by atoms with E-state index < -0.39 is 12.1 Å². The van der Waals surface area contributed by atoms with Gasteiger partial charge in [-0.1, -0.05) is 44.2 Å². The summed E-state index contributed by atoms with van der Waals surface area (Å²) in [6.45, 7) is 7.60. The number of likely N-dealkylation sites (tertiary alicyclic amines) is 2. The van der Waals surface area contributed by atoms with Crippen LogP contribution in [0.3, 0.4) is 0 Å². The van der Waals surface area contributed by atoms with Gasteiger partial charge in [0.1, 0.15) is 12.1 Å². The first-order chi connectivity index (χ1) is 14.8. The zero-order chi connectivity index (χ0) is 22.5. The largest absolute Gasteiger partial charge is 0.343 e. The summed E-state index contributed by atoms with van der Waals surface area (Å²) in [5.41, 5.74) is 1.21. The van der Waals surface area contributed by atoms with Crippen LogP contribution in [-0.2, 0) is 20.8 Å². The Hall–Kier alpha value is -2.41. The lowest BCUT2D eigenvalue weighted by molar-refractivity contribution is -0.149. The maximum Gasteiger partial charge on any atom is 0.246 e. The molecule has 7 heteroatoms. The van der Waals surface area contributed by atoms with Crippen molar-refractivity contribution >= 4 is 17.7 Å². The first kappa shape index (κ1) is 23.3. The predicted molar refractivity (Wildman–Crippen MR) is 120 cm³/mol. The predicted octanol–water partition coefficient (Wildman–Crippen LogP) is 1.43. The average Bonchev–Trinajstić information content (AvgIpc) is 3.21. The average molecular weight is 429 g/mol. The molecule has 3 amide bonds. The van der Waals surface area contributed by atoms with Gasteiger partial charge in [-0.3, -0.25) is 14.4 Å². The fourth-order valence-corrected chi connectivity index (χ4v) is 4.59. The van der Waals surface area contributed by atoms with Crippen molar-refractivity contribution in [3.05, 3.63) is 35.9 Å². The topological polar surface area (TPSA) is 81.8 Å². The van der Waals surface area contributed by atoms with Crippen LogP contribution in [0, 0.1) is 11.8 Å². The molecule has 0 aliphatic carbocycles. The van der Waals surface area contributed by atoms with E-state index in [9.17, 15) is 14.4 Å². The molecule has 170 valence electrons. The van der Waals surface area contributed by atoms with Crippen LogP contribution in [0.1, 0.15) is 39.2 Å². The number of benzene rings is 1. The second-order valence-corrected chi connectivity index (χ2v) is 9.12. The van der Waals surface area contributed by atoms with E-state index in [0.717, 1.165) is 25.8 Å². The van der Waals surface area contributed by atoms with Crippen molar-refractivity contribution in [3.63, 3.8) is 0 Å². The minimum Gasteiger partial charge on any atom is -0.343 e. The number of carbonyl (C=O) groups is 3. The van der Waals surface area contributed by atoms with E-state index in [-0.39, 0.29) is 35.6 Å². The van der Waals surface area contributed by atoms with Crippen molar-refractivity contribution in [1.82, 2.24) is 20.4 Å². The van der Waals surface area contributed by atoms with Crippen LogP contribution in [0.4, 0.5) is 0 Å². The van der Waals surface area contributed by atoms with Gasteiger partial charge >= 0.3 is 0 Å². The van der Waals surface area contributed by atoms with Crippen LogP contribution in [0.25, 0.3) is 0 Å². The van der Waals surface area contributed by atoms with Crippen molar-refractivity contribution in [1.29, 1.82) is 0 Å². The number of carbonyl (C=O) groups excluding carboxylic acids is 3. The molecule has 3 rings (SSSR count). The third kappa shape index (κ3) is 5.26. The van der Waals surface area contributed by atoms with E-state index in [2.05, 4.69) is 22.8 Å². The van der Waals surface area contributed by atoms with Crippen LogP contribution in [0.15, 0.2) is 30.3 Å². The Morgan fingerprint density at radius 2 is 1.77 bits per heavy atom. The van der Waals surface area contributed by atoms with Crippen LogP contribution in [0.2, 0.25) is 0 Å². The lowest BCUT2D eigenvalue weighted by Crippen LogP contribution is -2.59. The number of piperidine rings is 1. The first-order valence-electron chi connectivity index (χ1n) is 11.4. The van der Waals surface area contributed by atoms with Gasteiger partial charge in [0, 0.05) is 19.6 Å². The highest BCUT2D eigenvalue weighted by Gasteiger charge is 2.47. The smallest absolute Gasteiger partial charge is 0.246 e. The number of likely N-dealkylation sites (N-methyl/N-ethyl adjacent to an activating group) is 1. The first-order valence-corrected chi connectivity index (χ1v) is 11.4. The third-order valence-electron chi connectivity index (χ3n) is 6.71. The van der Waals surface area contributed by atoms with Crippen molar-refractivity contribution in [2.75, 3.05) is 26.7 Å². The van der Waals surface area contributed by atoms with Crippen LogP contribution >= 0.6 is 0 Å². The molecule has 2 fully saturated rings. The van der Waals surface area contributed by atoms with Gasteiger partial charge in [0.2, 0.25) is 17.7 Å². The molecule has 2 N–H and O–H groups in total. The summed E-state index contributed by atoms with van der Waals surface area (Å²) in [5.74, 6) is -0.144. The fraction of sp³-hybridized carbons (Fsp3) is 0.625. The second-order valence-electron chi connectivity index (χ2n) is 9.12. The summed E-state index contributed by atoms with van der Waals surface area (Å²) >= 11 is 0. The van der Waals surface area contributed by atoms with Gasteiger partial charge in [-0.15, -0.1) is 0 Å². The molecule has 2 heterocycles. The van der Waals surface area contributed by atoms with Gasteiger partial charge in [-0.25, -0.2) is 0 Å². The summed E-state index contributed by atoms with van der Waals surface area (Å²) in [6.07, 6.45) is 2.58. The minimum absolute atomic E-state index is 0.0513. The van der Waals surface area contributed by atoms with Crippen LogP contribution in [-0.4, -0.2) is 72.3 Å². The van der Waals surface area contributed by atoms with Gasteiger partial charge in [0.05, 0.1) is 6.04 Å². The summed E-state index contributed by atoms with van der Waals surface area (Å²) in [6, 6.07) is 8.74. The summed E-state index contributed by atoms with van der Waals surface area (Å²) in [7, 11) is 1.71. The van der Waals surface area contributed by atoms with Gasteiger partial charge in [0.15, 0.2) is 0 Å². The van der Waals surface area contributed by atoms with Gasteiger partial charge in [0.25, 0.3) is 0 Å². The normalized spacial score (nSPS) is 22.9. The SMILES string of the molecule is CN[C@@H](C)C(=O)NC(C(=O)N1CCC2CCN(CCc3ccccc3)C(=O)[C@@H]21)C(C)C. The molecule has 2 aliphatic heterocycles. The molecule has 2 saturated heterocycles. The Bertz CT molecular complexity index is 782. The van der Waals surface area contributed by atoms with Gasteiger partial charge < -0.3 is 20.4 Å². The zero-order valence-electron chi connectivity index (χ0n) is 19.1. The van der Waals surface area contributed by atoms with E-state index in [0.29, 0.717) is 13.1 Å². The molecule has 31 heavy (non-hydrogen) atoms. The van der Waals surface area contributed by atoms with E-state index in [1.807, 2.05) is 36.9 Å². The number of nitrogens with zero attached hydrogens (tertiary/aromatic N) is 2. The minimum atomic E-state index is -0.630. The molecule has 4 atom stereocenters. The van der Waals surface area contributed by atoms with Gasteiger partial charge in [-0.05, 0) is 50.6 Å². The number of hydrogen-bond donors (Lipinski definition) is 2. The number of fused-ring (bicyclic) bond motifs is 1. The molecular formula is C24H36N4O3. The molecular weight excluding hydrogens is 392 g/mol. The van der Waals surface area contributed by atoms with Crippen molar-refractivity contribution in [3.8, 4) is 0 Å². The second kappa shape index (κ2) is 10.3. The van der Waals surface area contributed by atoms with Crippen LogP contribution < -0.4 is 10.6 Å². The van der Waals surface area contributed by atoms with E-state index in [4.69, 9.17) is 0 Å². The maximum absolute atomic E-state index is 13.4. The molecule has 2 unspecified atom stereocenters. The standard InChI is InChI=1S/C24H36N4O3/c1-16(2)20(26-22(29)17(3)25-4)23(30)28-15-12-19-11-14-27(24(31)21(19)28)13-10-18-8-6-5-7-9-18/h5-9,16-17,19-21,25H,10-15H2,1-4H3,(H,26,29)/t17-,19?,20?,21+/m0/s1. The van der Waals surface area contributed by atoms with Crippen molar-refractivity contribution in [2.24, 2.45) is 11.8 Å². The Morgan fingerprint density at radius 1 is 1.10 bits per heavy atom.